The van der Waals surface area contributed by atoms with Gasteiger partial charge in [0.25, 0.3) is 0 Å². The largest absolute Gasteiger partial charge is 0.385 e. The van der Waals surface area contributed by atoms with Crippen LogP contribution in [0.1, 0.15) is 30.9 Å². The Kier molecular flexibility index (Phi) is 5.01. The molecule has 0 radical (unpaired) electrons. The van der Waals surface area contributed by atoms with Gasteiger partial charge in [0, 0.05) is 26.8 Å². The molecule has 1 N–H and O–H groups in total. The third kappa shape index (κ3) is 3.23. The summed E-state index contributed by atoms with van der Waals surface area (Å²) in [5.41, 5.74) is 1.27. The number of hydrogen-bond donors (Lipinski definition) is 1. The van der Waals surface area contributed by atoms with Gasteiger partial charge in [0.15, 0.2) is 0 Å². The number of nitrogens with one attached hydrogen (secondary N) is 1. The van der Waals surface area contributed by atoms with Crippen LogP contribution >= 0.6 is 11.3 Å². The van der Waals surface area contributed by atoms with Crippen molar-refractivity contribution in [3.05, 3.63) is 22.4 Å². The van der Waals surface area contributed by atoms with Crippen LogP contribution in [0.3, 0.4) is 0 Å². The summed E-state index contributed by atoms with van der Waals surface area (Å²) in [6, 6.07) is 2.43. The first kappa shape index (κ1) is 13.4. The Hall–Kier alpha value is -1.07. The zero-order chi connectivity index (χ0) is 12.8. The van der Waals surface area contributed by atoms with Crippen molar-refractivity contribution in [2.75, 3.05) is 26.8 Å². The van der Waals surface area contributed by atoms with Gasteiger partial charge in [-0.05, 0) is 41.7 Å². The highest BCUT2D eigenvalue weighted by Gasteiger charge is 2.29. The molecule has 1 aliphatic heterocycles. The summed E-state index contributed by atoms with van der Waals surface area (Å²) in [6.07, 6.45) is 3.02. The molecule has 0 aliphatic carbocycles. The number of urea groups is 1. The first-order valence-corrected chi connectivity index (χ1v) is 7.32. The summed E-state index contributed by atoms with van der Waals surface area (Å²) in [5.74, 6) is 0. The second kappa shape index (κ2) is 6.75. The first-order valence-electron chi connectivity index (χ1n) is 6.38. The van der Waals surface area contributed by atoms with Gasteiger partial charge in [-0.1, -0.05) is 0 Å². The van der Waals surface area contributed by atoms with Gasteiger partial charge >= 0.3 is 6.03 Å². The second-order valence-corrected chi connectivity index (χ2v) is 5.27. The van der Waals surface area contributed by atoms with Crippen LogP contribution < -0.4 is 5.32 Å². The maximum Gasteiger partial charge on any atom is 0.317 e. The van der Waals surface area contributed by atoms with Crippen LogP contribution in [0.15, 0.2) is 16.8 Å². The van der Waals surface area contributed by atoms with E-state index in [1.807, 2.05) is 4.90 Å². The Morgan fingerprint density at radius 2 is 2.56 bits per heavy atom. The molecule has 1 aliphatic rings. The monoisotopic (exact) mass is 268 g/mol. The van der Waals surface area contributed by atoms with Gasteiger partial charge < -0.3 is 15.0 Å². The third-order valence-electron chi connectivity index (χ3n) is 3.24. The van der Waals surface area contributed by atoms with Crippen molar-refractivity contribution in [2.45, 2.75) is 25.3 Å². The van der Waals surface area contributed by atoms with Gasteiger partial charge in [0.05, 0.1) is 6.04 Å². The number of carbonyl (C=O) groups is 1. The van der Waals surface area contributed by atoms with Crippen molar-refractivity contribution in [3.63, 3.8) is 0 Å². The lowest BCUT2D eigenvalue weighted by atomic mass is 10.1. The Morgan fingerprint density at radius 3 is 3.28 bits per heavy atom. The van der Waals surface area contributed by atoms with Crippen LogP contribution in [0.2, 0.25) is 0 Å². The fraction of sp³-hybridized carbons (Fsp3) is 0.615. The summed E-state index contributed by atoms with van der Waals surface area (Å²) in [7, 11) is 1.68. The molecule has 0 aromatic carbocycles. The highest BCUT2D eigenvalue weighted by atomic mass is 32.1. The Morgan fingerprint density at radius 1 is 1.67 bits per heavy atom. The highest BCUT2D eigenvalue weighted by Crippen LogP contribution is 2.32. The third-order valence-corrected chi connectivity index (χ3v) is 3.94. The molecule has 1 aromatic rings. The molecular weight excluding hydrogens is 248 g/mol. The number of methoxy groups -OCH3 is 1. The molecule has 100 valence electrons. The van der Waals surface area contributed by atoms with Crippen LogP contribution in [-0.2, 0) is 4.74 Å². The van der Waals surface area contributed by atoms with Crippen molar-refractivity contribution in [3.8, 4) is 0 Å². The van der Waals surface area contributed by atoms with E-state index in [0.717, 1.165) is 25.8 Å². The Bertz CT molecular complexity index is 367. The van der Waals surface area contributed by atoms with Crippen LogP contribution in [0.4, 0.5) is 4.79 Å². The Labute approximate surface area is 112 Å². The molecule has 1 fully saturated rings. The minimum atomic E-state index is 0.0554. The standard InChI is InChI=1S/C13H20N2O2S/c1-17-8-3-6-14-13(16)15-7-2-4-12(15)11-5-9-18-10-11/h5,9-10,12H,2-4,6-8H2,1H3,(H,14,16). The number of rotatable bonds is 5. The van der Waals surface area contributed by atoms with E-state index in [0.29, 0.717) is 13.2 Å². The topological polar surface area (TPSA) is 41.6 Å². The normalized spacial score (nSPS) is 19.2. The number of hydrogen-bond acceptors (Lipinski definition) is 3. The minimum absolute atomic E-state index is 0.0554. The summed E-state index contributed by atoms with van der Waals surface area (Å²) < 4.78 is 4.97. The molecule has 2 rings (SSSR count). The van der Waals surface area contributed by atoms with Gasteiger partial charge in [-0.2, -0.15) is 11.3 Å². The molecule has 18 heavy (non-hydrogen) atoms. The van der Waals surface area contributed by atoms with Gasteiger partial charge in [-0.15, -0.1) is 0 Å². The van der Waals surface area contributed by atoms with Crippen molar-refractivity contribution >= 4 is 17.4 Å². The van der Waals surface area contributed by atoms with E-state index in [2.05, 4.69) is 22.1 Å². The van der Waals surface area contributed by atoms with Gasteiger partial charge in [-0.3, -0.25) is 0 Å². The SMILES string of the molecule is COCCCNC(=O)N1CCCC1c1ccsc1. The molecular formula is C13H20N2O2S. The number of ether oxygens (including phenoxy) is 1. The summed E-state index contributed by atoms with van der Waals surface area (Å²) >= 11 is 1.69. The van der Waals surface area contributed by atoms with Gasteiger partial charge in [0.2, 0.25) is 0 Å². The number of nitrogens with zero attached hydrogens (tertiary/aromatic N) is 1. The zero-order valence-corrected chi connectivity index (χ0v) is 11.5. The average Bonchev–Trinajstić information content (AvgIpc) is 3.02. The van der Waals surface area contributed by atoms with Gasteiger partial charge in [0.1, 0.15) is 0 Å². The van der Waals surface area contributed by atoms with E-state index in [1.165, 1.54) is 5.56 Å². The predicted octanol–water partition coefficient (Wildman–Crippen LogP) is 2.63. The molecule has 0 spiro atoms. The zero-order valence-electron chi connectivity index (χ0n) is 10.7. The number of amides is 2. The number of carbonyl (C=O) groups excluding carboxylic acids is 1. The van der Waals surface area contributed by atoms with E-state index in [9.17, 15) is 4.79 Å². The minimum Gasteiger partial charge on any atom is -0.385 e. The Balaban J connectivity index is 1.85. The average molecular weight is 268 g/mol. The van der Waals surface area contributed by atoms with Crippen molar-refractivity contribution in [2.24, 2.45) is 0 Å². The molecule has 1 atom stereocenters. The molecule has 2 amide bonds. The van der Waals surface area contributed by atoms with E-state index in [4.69, 9.17) is 4.74 Å². The van der Waals surface area contributed by atoms with E-state index in [-0.39, 0.29) is 12.1 Å². The van der Waals surface area contributed by atoms with Crippen LogP contribution in [0.5, 0.6) is 0 Å². The maximum atomic E-state index is 12.1. The van der Waals surface area contributed by atoms with Crippen LogP contribution in [0.25, 0.3) is 0 Å². The van der Waals surface area contributed by atoms with E-state index < -0.39 is 0 Å². The quantitative estimate of drug-likeness (QED) is 0.834. The van der Waals surface area contributed by atoms with Crippen LogP contribution in [0, 0.1) is 0 Å². The maximum absolute atomic E-state index is 12.1. The molecule has 5 heteroatoms. The summed E-state index contributed by atoms with van der Waals surface area (Å²) in [5, 5.41) is 7.17. The fourth-order valence-corrected chi connectivity index (χ4v) is 3.04. The lowest BCUT2D eigenvalue weighted by molar-refractivity contribution is 0.182. The summed E-state index contributed by atoms with van der Waals surface area (Å²) in [4.78, 5) is 14.0. The van der Waals surface area contributed by atoms with Crippen molar-refractivity contribution < 1.29 is 9.53 Å². The fourth-order valence-electron chi connectivity index (χ4n) is 2.33. The molecule has 0 saturated carbocycles. The number of thiophene rings is 1. The summed E-state index contributed by atoms with van der Waals surface area (Å²) in [6.45, 7) is 2.23. The molecule has 1 aromatic heterocycles. The van der Waals surface area contributed by atoms with Crippen LogP contribution in [-0.4, -0.2) is 37.7 Å². The first-order chi connectivity index (χ1) is 8.83. The molecule has 2 heterocycles. The van der Waals surface area contributed by atoms with E-state index >= 15 is 0 Å². The van der Waals surface area contributed by atoms with Crippen molar-refractivity contribution in [1.29, 1.82) is 0 Å². The second-order valence-electron chi connectivity index (χ2n) is 4.49. The van der Waals surface area contributed by atoms with Crippen molar-refractivity contribution in [1.82, 2.24) is 10.2 Å². The van der Waals surface area contributed by atoms with E-state index in [1.54, 1.807) is 18.4 Å². The molecule has 4 nitrogen and oxygen atoms in total. The molecule has 1 unspecified atom stereocenters. The predicted molar refractivity (Wildman–Crippen MR) is 72.9 cm³/mol. The molecule has 1 saturated heterocycles. The lowest BCUT2D eigenvalue weighted by Crippen LogP contribution is -2.40. The highest BCUT2D eigenvalue weighted by molar-refractivity contribution is 7.07. The number of likely N-dealkylation sites (tertiary alicyclic amines) is 1. The smallest absolute Gasteiger partial charge is 0.317 e. The molecule has 0 bridgehead atoms. The lowest BCUT2D eigenvalue weighted by Gasteiger charge is -2.24. The van der Waals surface area contributed by atoms with Gasteiger partial charge in [-0.25, -0.2) is 4.79 Å².